The number of nitrogens with zero attached hydrogens (tertiary/aromatic N) is 1. The van der Waals surface area contributed by atoms with Gasteiger partial charge in [-0.25, -0.2) is 0 Å². The van der Waals surface area contributed by atoms with Crippen LogP contribution in [-0.2, 0) is 4.79 Å². The fourth-order valence-electron chi connectivity index (χ4n) is 6.16. The highest BCUT2D eigenvalue weighted by Crippen LogP contribution is 2.43. The van der Waals surface area contributed by atoms with Crippen molar-refractivity contribution in [3.63, 3.8) is 0 Å². The number of aliphatic hydroxyl groups excluding tert-OH is 1. The van der Waals surface area contributed by atoms with E-state index in [2.05, 4.69) is 16.3 Å². The molecular weight excluding hydrogens is 364 g/mol. The molecule has 3 N–H and O–H groups in total. The number of phenolic OH excluding ortho intramolecular Hbond substituents is 1. The number of hydrogen-bond donors (Lipinski definition) is 3. The Bertz CT molecular complexity index is 674. The topological polar surface area (TPSA) is 72.8 Å². The van der Waals surface area contributed by atoms with E-state index in [9.17, 15) is 15.0 Å². The van der Waals surface area contributed by atoms with Crippen LogP contribution >= 0.6 is 0 Å². The third-order valence-corrected chi connectivity index (χ3v) is 7.51. The average Bonchev–Trinajstić information content (AvgIpc) is 2.95. The fourth-order valence-corrected chi connectivity index (χ4v) is 6.16. The Hall–Kier alpha value is -1.59. The zero-order valence-corrected chi connectivity index (χ0v) is 17.4. The van der Waals surface area contributed by atoms with Crippen LogP contribution in [0.3, 0.4) is 0 Å². The van der Waals surface area contributed by atoms with Crippen molar-refractivity contribution in [3.05, 3.63) is 29.8 Å². The van der Waals surface area contributed by atoms with Crippen molar-refractivity contribution in [1.29, 1.82) is 0 Å². The molecule has 5 heteroatoms. The molecule has 4 rings (SSSR count). The lowest BCUT2D eigenvalue weighted by molar-refractivity contribution is -0.124. The van der Waals surface area contributed by atoms with E-state index >= 15 is 0 Å². The zero-order valence-electron chi connectivity index (χ0n) is 17.4. The minimum absolute atomic E-state index is 0.137. The molecule has 2 heterocycles. The fraction of sp³-hybridized carbons (Fsp3) is 0.708. The van der Waals surface area contributed by atoms with Gasteiger partial charge in [0.1, 0.15) is 12.4 Å². The highest BCUT2D eigenvalue weighted by molar-refractivity contribution is 5.77. The largest absolute Gasteiger partial charge is 0.508 e. The molecule has 1 saturated carbocycles. The normalized spacial score (nSPS) is 28.9. The molecule has 1 amide bonds. The van der Waals surface area contributed by atoms with E-state index in [1.54, 1.807) is 6.07 Å². The number of carbonyl (C=O) groups is 1. The summed E-state index contributed by atoms with van der Waals surface area (Å²) >= 11 is 0. The Morgan fingerprint density at radius 3 is 2.48 bits per heavy atom. The molecule has 1 unspecified atom stereocenters. The first-order valence-electron chi connectivity index (χ1n) is 11.6. The zero-order chi connectivity index (χ0) is 20.2. The van der Waals surface area contributed by atoms with Gasteiger partial charge in [-0.15, -0.1) is 0 Å². The van der Waals surface area contributed by atoms with E-state index in [1.165, 1.54) is 50.5 Å². The number of fused-ring (bicyclic) bond motifs is 2. The molecule has 3 fully saturated rings. The number of amides is 1. The molecule has 2 saturated heterocycles. The Balaban J connectivity index is 1.40. The van der Waals surface area contributed by atoms with Crippen LogP contribution in [0, 0.1) is 5.92 Å². The third kappa shape index (κ3) is 5.13. The predicted octanol–water partition coefficient (Wildman–Crippen LogP) is 3.55. The molecule has 0 radical (unpaired) electrons. The predicted molar refractivity (Wildman–Crippen MR) is 114 cm³/mol. The van der Waals surface area contributed by atoms with Crippen molar-refractivity contribution in [2.24, 2.45) is 5.92 Å². The number of rotatable bonds is 7. The standard InChI is InChI=1S/C24H36N2O3/c27-16-24(29)25-20(11-17-5-2-1-3-6-17)15-26-21-9-10-22(26)13-19(12-21)18-7-4-8-23(28)14-18/h4,7-8,14,17,19-22,27-28H,1-3,5-6,9-13,15-16H2,(H,25,29)/t19-,20?,21+,22-. The van der Waals surface area contributed by atoms with E-state index < -0.39 is 6.61 Å². The Morgan fingerprint density at radius 1 is 1.10 bits per heavy atom. The molecular formula is C24H36N2O3. The first kappa shape index (κ1) is 20.7. The second-order valence-corrected chi connectivity index (χ2v) is 9.51. The number of hydrogen-bond acceptors (Lipinski definition) is 4. The molecule has 1 aromatic carbocycles. The summed E-state index contributed by atoms with van der Waals surface area (Å²) in [6.07, 6.45) is 12.3. The summed E-state index contributed by atoms with van der Waals surface area (Å²) in [5, 5.41) is 22.2. The summed E-state index contributed by atoms with van der Waals surface area (Å²) in [7, 11) is 0. The Morgan fingerprint density at radius 2 is 1.83 bits per heavy atom. The van der Waals surface area contributed by atoms with Crippen molar-refractivity contribution in [2.45, 2.75) is 88.3 Å². The van der Waals surface area contributed by atoms with Crippen LogP contribution in [0.5, 0.6) is 5.75 Å². The average molecular weight is 401 g/mol. The molecule has 29 heavy (non-hydrogen) atoms. The third-order valence-electron chi connectivity index (χ3n) is 7.51. The second kappa shape index (κ2) is 9.48. The van der Waals surface area contributed by atoms with Gasteiger partial charge >= 0.3 is 0 Å². The molecule has 1 aromatic rings. The van der Waals surface area contributed by atoms with E-state index in [-0.39, 0.29) is 11.9 Å². The lowest BCUT2D eigenvalue weighted by Gasteiger charge is -2.41. The van der Waals surface area contributed by atoms with Crippen LogP contribution in [0.1, 0.15) is 75.7 Å². The minimum atomic E-state index is -0.423. The SMILES string of the molecule is O=C(CO)NC(CC1CCCCC1)CN1[C@@H]2CC[C@H]1C[C@@H](c1cccc(O)c1)C2. The molecule has 0 spiro atoms. The van der Waals surface area contributed by atoms with Gasteiger partial charge in [0.15, 0.2) is 0 Å². The Labute approximate surface area is 174 Å². The van der Waals surface area contributed by atoms with Crippen molar-refractivity contribution in [3.8, 4) is 5.75 Å². The second-order valence-electron chi connectivity index (χ2n) is 9.51. The molecule has 5 nitrogen and oxygen atoms in total. The van der Waals surface area contributed by atoms with Crippen LogP contribution in [0.25, 0.3) is 0 Å². The molecule has 3 aliphatic rings. The van der Waals surface area contributed by atoms with E-state index in [0.29, 0.717) is 29.7 Å². The van der Waals surface area contributed by atoms with Gasteiger partial charge in [-0.2, -0.15) is 0 Å². The van der Waals surface area contributed by atoms with Crippen LogP contribution in [-0.4, -0.2) is 52.3 Å². The van der Waals surface area contributed by atoms with Gasteiger partial charge in [-0.1, -0.05) is 44.2 Å². The number of carbonyl (C=O) groups excluding carboxylic acids is 1. The van der Waals surface area contributed by atoms with Crippen molar-refractivity contribution in [2.75, 3.05) is 13.2 Å². The van der Waals surface area contributed by atoms with Crippen LogP contribution in [0.4, 0.5) is 0 Å². The summed E-state index contributed by atoms with van der Waals surface area (Å²) in [5.41, 5.74) is 1.26. The number of benzene rings is 1. The minimum Gasteiger partial charge on any atom is -0.508 e. The summed E-state index contributed by atoms with van der Waals surface area (Å²) in [5.74, 6) is 1.33. The highest BCUT2D eigenvalue weighted by Gasteiger charge is 2.42. The molecule has 2 bridgehead atoms. The van der Waals surface area contributed by atoms with Gasteiger partial charge in [0.05, 0.1) is 0 Å². The van der Waals surface area contributed by atoms with E-state index in [4.69, 9.17) is 0 Å². The summed E-state index contributed by atoms with van der Waals surface area (Å²) in [4.78, 5) is 14.6. The number of aliphatic hydroxyl groups is 1. The number of piperidine rings is 1. The van der Waals surface area contributed by atoms with Gasteiger partial charge in [-0.3, -0.25) is 9.69 Å². The maximum absolute atomic E-state index is 11.9. The quantitative estimate of drug-likeness (QED) is 0.654. The molecule has 0 aromatic heterocycles. The summed E-state index contributed by atoms with van der Waals surface area (Å²) in [6.45, 7) is 0.484. The van der Waals surface area contributed by atoms with Crippen LogP contribution in [0.2, 0.25) is 0 Å². The first-order chi connectivity index (χ1) is 14.1. The van der Waals surface area contributed by atoms with Crippen LogP contribution in [0.15, 0.2) is 24.3 Å². The molecule has 160 valence electrons. The monoisotopic (exact) mass is 400 g/mol. The van der Waals surface area contributed by atoms with Crippen LogP contribution < -0.4 is 5.32 Å². The van der Waals surface area contributed by atoms with Gasteiger partial charge in [-0.05, 0) is 61.6 Å². The van der Waals surface area contributed by atoms with Crippen molar-refractivity contribution in [1.82, 2.24) is 10.2 Å². The van der Waals surface area contributed by atoms with Crippen molar-refractivity contribution < 1.29 is 15.0 Å². The first-order valence-corrected chi connectivity index (χ1v) is 11.6. The molecule has 4 atom stereocenters. The Kier molecular flexibility index (Phi) is 6.76. The highest BCUT2D eigenvalue weighted by atomic mass is 16.3. The lowest BCUT2D eigenvalue weighted by atomic mass is 9.83. The summed E-state index contributed by atoms with van der Waals surface area (Å²) < 4.78 is 0. The van der Waals surface area contributed by atoms with E-state index in [1.807, 2.05) is 12.1 Å². The number of nitrogens with one attached hydrogen (secondary N) is 1. The molecule has 2 aliphatic heterocycles. The van der Waals surface area contributed by atoms with E-state index in [0.717, 1.165) is 25.8 Å². The lowest BCUT2D eigenvalue weighted by Crippen LogP contribution is -2.51. The smallest absolute Gasteiger partial charge is 0.245 e. The maximum atomic E-state index is 11.9. The van der Waals surface area contributed by atoms with Gasteiger partial charge in [0.25, 0.3) is 0 Å². The number of aromatic hydroxyl groups is 1. The van der Waals surface area contributed by atoms with Crippen molar-refractivity contribution >= 4 is 5.91 Å². The maximum Gasteiger partial charge on any atom is 0.245 e. The van der Waals surface area contributed by atoms with Gasteiger partial charge < -0.3 is 15.5 Å². The van der Waals surface area contributed by atoms with Gasteiger partial charge in [0, 0.05) is 24.7 Å². The summed E-state index contributed by atoms with van der Waals surface area (Å²) in [6, 6.07) is 9.01. The van der Waals surface area contributed by atoms with Gasteiger partial charge in [0.2, 0.25) is 5.91 Å². The number of phenols is 1. The molecule has 1 aliphatic carbocycles.